The first-order valence-electron chi connectivity index (χ1n) is 10.4. The number of aliphatic hydroxyl groups is 1. The lowest BCUT2D eigenvalue weighted by Gasteiger charge is -2.39. The van der Waals surface area contributed by atoms with E-state index < -0.39 is 34.5 Å². The first-order chi connectivity index (χ1) is 15.7. The van der Waals surface area contributed by atoms with E-state index in [4.69, 9.17) is 4.74 Å². The molecule has 33 heavy (non-hydrogen) atoms. The molecular formula is C27H22O6. The number of aliphatic hydroxyl groups excluding tert-OH is 1. The third-order valence-electron chi connectivity index (χ3n) is 6.10. The molecule has 0 aromatic heterocycles. The second-order valence-corrected chi connectivity index (χ2v) is 8.28. The van der Waals surface area contributed by atoms with Crippen molar-refractivity contribution in [1.29, 1.82) is 0 Å². The van der Waals surface area contributed by atoms with Gasteiger partial charge in [-0.15, -0.1) is 0 Å². The molecule has 2 aromatic carbocycles. The maximum absolute atomic E-state index is 14.1. The monoisotopic (exact) mass is 442 g/mol. The van der Waals surface area contributed by atoms with Gasteiger partial charge in [-0.25, -0.2) is 4.79 Å². The van der Waals surface area contributed by atoms with E-state index in [2.05, 4.69) is 0 Å². The van der Waals surface area contributed by atoms with Gasteiger partial charge in [-0.05, 0) is 26.3 Å². The van der Waals surface area contributed by atoms with E-state index in [1.54, 1.807) is 30.3 Å². The van der Waals surface area contributed by atoms with Crippen LogP contribution in [0.4, 0.5) is 0 Å². The Labute approximate surface area is 190 Å². The van der Waals surface area contributed by atoms with Crippen molar-refractivity contribution in [3.63, 3.8) is 0 Å². The highest BCUT2D eigenvalue weighted by Crippen LogP contribution is 2.51. The number of esters is 1. The van der Waals surface area contributed by atoms with E-state index in [0.29, 0.717) is 0 Å². The molecule has 0 radical (unpaired) electrons. The number of methoxy groups -OCH3 is 1. The fourth-order valence-corrected chi connectivity index (χ4v) is 4.49. The van der Waals surface area contributed by atoms with Crippen molar-refractivity contribution in [2.45, 2.75) is 20.3 Å². The van der Waals surface area contributed by atoms with Gasteiger partial charge in [0.15, 0.2) is 17.3 Å². The normalized spacial score (nSPS) is 19.5. The van der Waals surface area contributed by atoms with Gasteiger partial charge in [0.2, 0.25) is 0 Å². The van der Waals surface area contributed by atoms with E-state index in [1.807, 2.05) is 13.8 Å². The first kappa shape index (κ1) is 22.1. The van der Waals surface area contributed by atoms with E-state index in [9.17, 15) is 24.3 Å². The largest absolute Gasteiger partial charge is 0.507 e. The highest BCUT2D eigenvalue weighted by Gasteiger charge is 2.56. The number of ketones is 3. The molecule has 2 aliphatic rings. The molecule has 0 spiro atoms. The molecule has 0 amide bonds. The van der Waals surface area contributed by atoms with Gasteiger partial charge < -0.3 is 9.84 Å². The molecule has 0 aliphatic heterocycles. The van der Waals surface area contributed by atoms with Crippen LogP contribution in [0.1, 0.15) is 56.9 Å². The molecule has 0 saturated heterocycles. The van der Waals surface area contributed by atoms with Gasteiger partial charge in [0.25, 0.3) is 0 Å². The Hall–Kier alpha value is -4.06. The summed E-state index contributed by atoms with van der Waals surface area (Å²) < 4.78 is 4.95. The van der Waals surface area contributed by atoms with Crippen LogP contribution in [0.3, 0.4) is 0 Å². The zero-order chi connectivity index (χ0) is 23.9. The molecule has 6 heteroatoms. The lowest BCUT2D eigenvalue weighted by molar-refractivity contribution is -0.137. The van der Waals surface area contributed by atoms with Crippen LogP contribution in [-0.4, -0.2) is 35.5 Å². The third-order valence-corrected chi connectivity index (χ3v) is 6.10. The second kappa shape index (κ2) is 8.13. The Morgan fingerprint density at radius 2 is 1.52 bits per heavy atom. The van der Waals surface area contributed by atoms with Crippen molar-refractivity contribution in [2.75, 3.05) is 7.11 Å². The van der Waals surface area contributed by atoms with Gasteiger partial charge in [0.1, 0.15) is 11.2 Å². The lowest BCUT2D eigenvalue weighted by atomic mass is 9.60. The number of ether oxygens (including phenoxy) is 1. The number of hydrogen-bond donors (Lipinski definition) is 1. The number of benzene rings is 2. The van der Waals surface area contributed by atoms with Crippen LogP contribution in [0.2, 0.25) is 0 Å². The van der Waals surface area contributed by atoms with Crippen LogP contribution in [-0.2, 0) is 9.53 Å². The molecule has 4 rings (SSSR count). The zero-order valence-corrected chi connectivity index (χ0v) is 18.5. The number of Topliss-reactive ketones (excluding diaryl/α,β-unsaturated/α-hetero) is 2. The predicted molar refractivity (Wildman–Crippen MR) is 122 cm³/mol. The summed E-state index contributed by atoms with van der Waals surface area (Å²) in [5, 5.41) is 11.2. The summed E-state index contributed by atoms with van der Waals surface area (Å²) in [6.07, 6.45) is 2.72. The first-order valence-corrected chi connectivity index (χ1v) is 10.4. The van der Waals surface area contributed by atoms with Gasteiger partial charge in [-0.1, -0.05) is 60.2 Å². The average Bonchev–Trinajstić information content (AvgIpc) is 2.82. The Morgan fingerprint density at radius 3 is 2.12 bits per heavy atom. The fourth-order valence-electron chi connectivity index (χ4n) is 4.49. The standard InChI is InChI=1S/C27H22O6/c1-15(2)12-13-27(20-14-21(28)16-8-4-5-9-17(16)23(20)29)22(26(32)33-3)24(30)18-10-6-7-11-19(18)25(27)31/h4-12,14,30H,13H2,1-3H3/t27-/m0/s1. The topological polar surface area (TPSA) is 97.7 Å². The van der Waals surface area contributed by atoms with Crippen LogP contribution in [0.25, 0.3) is 5.76 Å². The lowest BCUT2D eigenvalue weighted by Crippen LogP contribution is -2.45. The molecule has 2 aromatic rings. The SMILES string of the molecule is COC(=O)C1=C(O)c2ccccc2C(=O)[C@@]1(CC=C(C)C)C1=CC(=O)c2ccccc2C1=O. The van der Waals surface area contributed by atoms with Crippen molar-refractivity contribution >= 4 is 29.1 Å². The maximum atomic E-state index is 14.1. The van der Waals surface area contributed by atoms with Crippen molar-refractivity contribution in [3.05, 3.63) is 99.7 Å². The van der Waals surface area contributed by atoms with Crippen LogP contribution in [0, 0.1) is 5.41 Å². The Bertz CT molecular complexity index is 1320. The molecule has 0 fully saturated rings. The molecule has 0 unspecified atom stereocenters. The Morgan fingerprint density at radius 1 is 0.939 bits per heavy atom. The molecule has 6 nitrogen and oxygen atoms in total. The maximum Gasteiger partial charge on any atom is 0.338 e. The van der Waals surface area contributed by atoms with E-state index in [1.165, 1.54) is 24.3 Å². The van der Waals surface area contributed by atoms with Gasteiger partial charge >= 0.3 is 5.97 Å². The minimum absolute atomic E-state index is 0.107. The van der Waals surface area contributed by atoms with Crippen molar-refractivity contribution in [3.8, 4) is 0 Å². The van der Waals surface area contributed by atoms with E-state index in [0.717, 1.165) is 18.8 Å². The number of carbonyl (C=O) groups is 4. The molecule has 0 saturated carbocycles. The molecular weight excluding hydrogens is 420 g/mol. The van der Waals surface area contributed by atoms with Gasteiger partial charge in [-0.2, -0.15) is 0 Å². The Kier molecular flexibility index (Phi) is 5.46. The van der Waals surface area contributed by atoms with Gasteiger partial charge in [-0.3, -0.25) is 14.4 Å². The van der Waals surface area contributed by atoms with E-state index >= 15 is 0 Å². The van der Waals surface area contributed by atoms with Crippen LogP contribution in [0.15, 0.2) is 77.4 Å². The number of carbonyl (C=O) groups excluding carboxylic acids is 4. The van der Waals surface area contributed by atoms with Gasteiger partial charge in [0, 0.05) is 27.8 Å². The quantitative estimate of drug-likeness (QED) is 0.546. The summed E-state index contributed by atoms with van der Waals surface area (Å²) in [5.74, 6) is -2.95. The molecule has 1 N–H and O–H groups in total. The summed E-state index contributed by atoms with van der Waals surface area (Å²) in [6.45, 7) is 3.63. The second-order valence-electron chi connectivity index (χ2n) is 8.28. The highest BCUT2D eigenvalue weighted by molar-refractivity contribution is 6.30. The van der Waals surface area contributed by atoms with Crippen molar-refractivity contribution in [2.24, 2.45) is 5.41 Å². The number of fused-ring (bicyclic) bond motifs is 2. The fraction of sp³-hybridized carbons (Fsp3) is 0.185. The highest BCUT2D eigenvalue weighted by atomic mass is 16.5. The van der Waals surface area contributed by atoms with Crippen LogP contribution >= 0.6 is 0 Å². The van der Waals surface area contributed by atoms with Crippen molar-refractivity contribution in [1.82, 2.24) is 0 Å². The molecule has 2 aliphatic carbocycles. The molecule has 0 bridgehead atoms. The molecule has 166 valence electrons. The van der Waals surface area contributed by atoms with Crippen molar-refractivity contribution < 1.29 is 29.0 Å². The number of rotatable bonds is 4. The summed E-state index contributed by atoms with van der Waals surface area (Å²) >= 11 is 0. The number of allylic oxidation sites excluding steroid dienone is 4. The number of hydrogen-bond acceptors (Lipinski definition) is 6. The predicted octanol–water partition coefficient (Wildman–Crippen LogP) is 4.67. The van der Waals surface area contributed by atoms with Crippen LogP contribution in [0.5, 0.6) is 0 Å². The minimum atomic E-state index is -1.93. The molecule has 0 heterocycles. The van der Waals surface area contributed by atoms with Gasteiger partial charge in [0.05, 0.1) is 12.7 Å². The molecule has 1 atom stereocenters. The summed E-state index contributed by atoms with van der Waals surface area (Å²) in [7, 11) is 1.14. The smallest absolute Gasteiger partial charge is 0.338 e. The average molecular weight is 442 g/mol. The van der Waals surface area contributed by atoms with E-state index in [-0.39, 0.29) is 39.8 Å². The Balaban J connectivity index is 2.11. The summed E-state index contributed by atoms with van der Waals surface area (Å²) in [5.41, 5.74) is -0.903. The summed E-state index contributed by atoms with van der Waals surface area (Å²) in [4.78, 5) is 53.8. The minimum Gasteiger partial charge on any atom is -0.507 e. The third kappa shape index (κ3) is 3.26. The summed E-state index contributed by atoms with van der Waals surface area (Å²) in [6, 6.07) is 12.6. The zero-order valence-electron chi connectivity index (χ0n) is 18.5. The van der Waals surface area contributed by atoms with Crippen LogP contribution < -0.4 is 0 Å².